The summed E-state index contributed by atoms with van der Waals surface area (Å²) in [5, 5.41) is 18.7. The molecular formula is C20H18N4OS. The summed E-state index contributed by atoms with van der Waals surface area (Å²) in [7, 11) is 1.64. The molecule has 3 aromatic rings. The molecule has 1 heterocycles. The summed E-state index contributed by atoms with van der Waals surface area (Å²) in [6.45, 7) is 4.43. The molecule has 3 rings (SSSR count). The van der Waals surface area contributed by atoms with Gasteiger partial charge in [-0.15, -0.1) is 16.8 Å². The van der Waals surface area contributed by atoms with Crippen LogP contribution in [0.5, 0.6) is 5.75 Å². The molecule has 0 fully saturated rings. The van der Waals surface area contributed by atoms with Gasteiger partial charge in [-0.2, -0.15) is 5.26 Å². The van der Waals surface area contributed by atoms with Crippen LogP contribution in [0.15, 0.2) is 66.3 Å². The van der Waals surface area contributed by atoms with E-state index >= 15 is 0 Å². The van der Waals surface area contributed by atoms with Crippen LogP contribution >= 0.6 is 11.8 Å². The van der Waals surface area contributed by atoms with E-state index in [-0.39, 0.29) is 0 Å². The molecule has 0 bridgehead atoms. The van der Waals surface area contributed by atoms with Crippen molar-refractivity contribution in [2.45, 2.75) is 17.5 Å². The Morgan fingerprint density at radius 1 is 1.19 bits per heavy atom. The molecule has 0 saturated heterocycles. The standard InChI is InChI=1S/C20H18N4OS/c1-3-12-24-19(17-10-6-7-11-18(17)25-2)22-23-20(24)26-14-16-9-5-4-8-15(16)13-21/h3-11H,1,12,14H2,2H3. The molecule has 0 amide bonds. The fourth-order valence-corrected chi connectivity index (χ4v) is 3.57. The monoisotopic (exact) mass is 362 g/mol. The van der Waals surface area contributed by atoms with Crippen molar-refractivity contribution in [1.82, 2.24) is 14.8 Å². The van der Waals surface area contributed by atoms with E-state index in [9.17, 15) is 5.26 Å². The lowest BCUT2D eigenvalue weighted by Crippen LogP contribution is -2.02. The maximum atomic E-state index is 9.25. The third-order valence-corrected chi connectivity index (χ3v) is 4.89. The minimum absolute atomic E-state index is 0.586. The first-order valence-electron chi connectivity index (χ1n) is 8.06. The van der Waals surface area contributed by atoms with Crippen LogP contribution < -0.4 is 4.74 Å². The van der Waals surface area contributed by atoms with Crippen LogP contribution in [0, 0.1) is 11.3 Å². The average Bonchev–Trinajstić information content (AvgIpc) is 3.09. The Balaban J connectivity index is 1.93. The van der Waals surface area contributed by atoms with Gasteiger partial charge in [-0.05, 0) is 23.8 Å². The predicted octanol–water partition coefficient (Wildman–Crippen LogP) is 4.30. The Labute approximate surface area is 157 Å². The number of ether oxygens (including phenoxy) is 1. The third kappa shape index (κ3) is 3.63. The minimum Gasteiger partial charge on any atom is -0.496 e. The van der Waals surface area contributed by atoms with E-state index in [0.29, 0.717) is 17.9 Å². The third-order valence-electron chi connectivity index (χ3n) is 3.87. The Morgan fingerprint density at radius 3 is 2.73 bits per heavy atom. The van der Waals surface area contributed by atoms with E-state index in [2.05, 4.69) is 22.8 Å². The van der Waals surface area contributed by atoms with Crippen molar-refractivity contribution in [3.05, 3.63) is 72.3 Å². The second kappa shape index (κ2) is 8.37. The van der Waals surface area contributed by atoms with Crippen molar-refractivity contribution in [2.75, 3.05) is 7.11 Å². The fraction of sp³-hybridized carbons (Fsp3) is 0.150. The van der Waals surface area contributed by atoms with Gasteiger partial charge in [-0.3, -0.25) is 4.57 Å². The number of para-hydroxylation sites is 1. The van der Waals surface area contributed by atoms with Crippen LogP contribution in [0.2, 0.25) is 0 Å². The first kappa shape index (κ1) is 17.8. The summed E-state index contributed by atoms with van der Waals surface area (Å²) < 4.78 is 7.46. The van der Waals surface area contributed by atoms with Crippen molar-refractivity contribution >= 4 is 11.8 Å². The largest absolute Gasteiger partial charge is 0.496 e. The van der Waals surface area contributed by atoms with Gasteiger partial charge >= 0.3 is 0 Å². The number of rotatable bonds is 7. The number of nitriles is 1. The lowest BCUT2D eigenvalue weighted by molar-refractivity contribution is 0.416. The molecule has 0 N–H and O–H groups in total. The van der Waals surface area contributed by atoms with E-state index in [1.165, 1.54) is 0 Å². The molecule has 130 valence electrons. The van der Waals surface area contributed by atoms with Crippen molar-refractivity contribution < 1.29 is 4.74 Å². The zero-order valence-electron chi connectivity index (χ0n) is 14.4. The van der Waals surface area contributed by atoms with Crippen LogP contribution in [0.4, 0.5) is 0 Å². The van der Waals surface area contributed by atoms with Crippen molar-refractivity contribution in [1.29, 1.82) is 5.26 Å². The number of hydrogen-bond acceptors (Lipinski definition) is 5. The molecule has 0 spiro atoms. The minimum atomic E-state index is 0.586. The highest BCUT2D eigenvalue weighted by atomic mass is 32.2. The van der Waals surface area contributed by atoms with E-state index < -0.39 is 0 Å². The molecule has 5 nitrogen and oxygen atoms in total. The SMILES string of the molecule is C=CCn1c(SCc2ccccc2C#N)nnc1-c1ccccc1OC. The van der Waals surface area contributed by atoms with Crippen LogP contribution in [0.3, 0.4) is 0 Å². The highest BCUT2D eigenvalue weighted by Gasteiger charge is 2.17. The number of benzene rings is 2. The molecule has 0 aliphatic rings. The van der Waals surface area contributed by atoms with E-state index in [0.717, 1.165) is 27.9 Å². The number of thioether (sulfide) groups is 1. The van der Waals surface area contributed by atoms with Crippen molar-refractivity contribution in [3.63, 3.8) is 0 Å². The van der Waals surface area contributed by atoms with E-state index in [1.54, 1.807) is 18.9 Å². The van der Waals surface area contributed by atoms with Gasteiger partial charge in [-0.1, -0.05) is 48.2 Å². The maximum Gasteiger partial charge on any atom is 0.192 e. The Bertz CT molecular complexity index is 958. The summed E-state index contributed by atoms with van der Waals surface area (Å²) in [5.41, 5.74) is 2.54. The normalized spacial score (nSPS) is 10.3. The molecular weight excluding hydrogens is 344 g/mol. The molecule has 0 unspecified atom stereocenters. The number of methoxy groups -OCH3 is 1. The predicted molar refractivity (Wildman–Crippen MR) is 103 cm³/mol. The first-order chi connectivity index (χ1) is 12.8. The zero-order valence-corrected chi connectivity index (χ0v) is 15.2. The topological polar surface area (TPSA) is 63.7 Å². The van der Waals surface area contributed by atoms with Gasteiger partial charge in [0.25, 0.3) is 0 Å². The number of allylic oxidation sites excluding steroid dienone is 1. The summed E-state index contributed by atoms with van der Waals surface area (Å²) in [6.07, 6.45) is 1.82. The maximum absolute atomic E-state index is 9.25. The number of hydrogen-bond donors (Lipinski definition) is 0. The summed E-state index contributed by atoms with van der Waals surface area (Å²) in [5.74, 6) is 2.13. The molecule has 2 aromatic carbocycles. The first-order valence-corrected chi connectivity index (χ1v) is 9.05. The molecule has 1 aromatic heterocycles. The van der Waals surface area contributed by atoms with Gasteiger partial charge in [0, 0.05) is 12.3 Å². The summed E-state index contributed by atoms with van der Waals surface area (Å²) in [4.78, 5) is 0. The fourth-order valence-electron chi connectivity index (χ4n) is 2.62. The second-order valence-corrected chi connectivity index (χ2v) is 6.41. The molecule has 0 aliphatic heterocycles. The molecule has 0 atom stereocenters. The lowest BCUT2D eigenvalue weighted by Gasteiger charge is -2.10. The van der Waals surface area contributed by atoms with Crippen molar-refractivity contribution in [2.24, 2.45) is 0 Å². The van der Waals surface area contributed by atoms with Crippen LogP contribution in [0.25, 0.3) is 11.4 Å². The van der Waals surface area contributed by atoms with E-state index in [4.69, 9.17) is 4.74 Å². The summed E-state index contributed by atoms with van der Waals surface area (Å²) >= 11 is 1.55. The van der Waals surface area contributed by atoms with Gasteiger partial charge in [0.2, 0.25) is 0 Å². The van der Waals surface area contributed by atoms with Crippen LogP contribution in [-0.2, 0) is 12.3 Å². The van der Waals surface area contributed by atoms with Gasteiger partial charge in [0.15, 0.2) is 11.0 Å². The molecule has 0 aliphatic carbocycles. The number of nitrogens with zero attached hydrogens (tertiary/aromatic N) is 4. The Kier molecular flexibility index (Phi) is 5.72. The Morgan fingerprint density at radius 2 is 1.96 bits per heavy atom. The number of aromatic nitrogens is 3. The zero-order chi connectivity index (χ0) is 18.4. The second-order valence-electron chi connectivity index (χ2n) is 5.46. The highest BCUT2D eigenvalue weighted by molar-refractivity contribution is 7.98. The molecule has 0 radical (unpaired) electrons. The molecule has 0 saturated carbocycles. The van der Waals surface area contributed by atoms with Gasteiger partial charge < -0.3 is 4.74 Å². The Hall–Kier alpha value is -3.04. The summed E-state index contributed by atoms with van der Waals surface area (Å²) in [6, 6.07) is 17.5. The smallest absolute Gasteiger partial charge is 0.192 e. The highest BCUT2D eigenvalue weighted by Crippen LogP contribution is 2.32. The molecule has 26 heavy (non-hydrogen) atoms. The lowest BCUT2D eigenvalue weighted by atomic mass is 10.1. The van der Waals surface area contributed by atoms with Crippen molar-refractivity contribution in [3.8, 4) is 23.2 Å². The average molecular weight is 362 g/mol. The van der Waals surface area contributed by atoms with E-state index in [1.807, 2.05) is 59.2 Å². The van der Waals surface area contributed by atoms with Gasteiger partial charge in [0.1, 0.15) is 5.75 Å². The van der Waals surface area contributed by atoms with Gasteiger partial charge in [0.05, 0.1) is 24.3 Å². The van der Waals surface area contributed by atoms with Gasteiger partial charge in [-0.25, -0.2) is 0 Å². The molecule has 6 heteroatoms. The van der Waals surface area contributed by atoms with Crippen LogP contribution in [0.1, 0.15) is 11.1 Å². The quantitative estimate of drug-likeness (QED) is 0.463. The van der Waals surface area contributed by atoms with Crippen LogP contribution in [-0.4, -0.2) is 21.9 Å².